The van der Waals surface area contributed by atoms with Gasteiger partial charge in [0.25, 0.3) is 0 Å². The van der Waals surface area contributed by atoms with Gasteiger partial charge in [0.15, 0.2) is 0 Å². The molecule has 1 saturated carbocycles. The lowest BCUT2D eigenvalue weighted by Crippen LogP contribution is -2.39. The van der Waals surface area contributed by atoms with Crippen molar-refractivity contribution in [1.82, 2.24) is 19.3 Å². The largest absolute Gasteiger partial charge is 0.366 e. The standard InChI is InChI=1S/C13H16N4O3S/c18-12-4-5-14-8-13(12)21(19,20)16-10-2-1-3-11(10)17-7-6-15-9-17/h4-11,16H,1-3H2,(H,14,18). The second-order valence-corrected chi connectivity index (χ2v) is 6.79. The monoisotopic (exact) mass is 308 g/mol. The van der Waals surface area contributed by atoms with Crippen LogP contribution in [-0.4, -0.2) is 29.0 Å². The quantitative estimate of drug-likeness (QED) is 0.866. The van der Waals surface area contributed by atoms with E-state index in [1.54, 1.807) is 12.5 Å². The number of nitrogens with zero attached hydrogens (tertiary/aromatic N) is 2. The van der Waals surface area contributed by atoms with Crippen molar-refractivity contribution in [2.24, 2.45) is 0 Å². The smallest absolute Gasteiger partial charge is 0.246 e. The maximum absolute atomic E-state index is 12.4. The summed E-state index contributed by atoms with van der Waals surface area (Å²) in [6.07, 6.45) is 10.4. The lowest BCUT2D eigenvalue weighted by molar-refractivity contribution is 0.431. The molecule has 0 aliphatic heterocycles. The van der Waals surface area contributed by atoms with Crippen LogP contribution in [0.5, 0.6) is 0 Å². The third-order valence-corrected chi connectivity index (χ3v) is 5.28. The van der Waals surface area contributed by atoms with Gasteiger partial charge in [-0.3, -0.25) is 4.79 Å². The third-order valence-electron chi connectivity index (χ3n) is 3.77. The lowest BCUT2D eigenvalue weighted by atomic mass is 10.2. The van der Waals surface area contributed by atoms with Crippen LogP contribution in [0.3, 0.4) is 0 Å². The van der Waals surface area contributed by atoms with Crippen LogP contribution in [0.25, 0.3) is 0 Å². The number of hydrogen-bond acceptors (Lipinski definition) is 4. The SMILES string of the molecule is O=c1cc[nH]cc1S(=O)(=O)NC1CCCC1n1ccnc1. The fraction of sp³-hybridized carbons (Fsp3) is 0.385. The summed E-state index contributed by atoms with van der Waals surface area (Å²) in [5.41, 5.74) is -0.515. The molecular weight excluding hydrogens is 292 g/mol. The minimum absolute atomic E-state index is 0.0325. The highest BCUT2D eigenvalue weighted by Gasteiger charge is 2.32. The van der Waals surface area contributed by atoms with E-state index < -0.39 is 15.5 Å². The molecule has 7 nitrogen and oxygen atoms in total. The van der Waals surface area contributed by atoms with E-state index in [0.29, 0.717) is 0 Å². The number of hydrogen-bond donors (Lipinski definition) is 2. The maximum Gasteiger partial charge on any atom is 0.246 e. The number of rotatable bonds is 4. The maximum atomic E-state index is 12.4. The average molecular weight is 308 g/mol. The van der Waals surface area contributed by atoms with Crippen molar-refractivity contribution in [3.05, 3.63) is 47.4 Å². The third kappa shape index (κ3) is 2.77. The molecule has 1 fully saturated rings. The number of H-pyrrole nitrogens is 1. The molecule has 2 atom stereocenters. The molecule has 2 aromatic heterocycles. The molecule has 2 heterocycles. The number of sulfonamides is 1. The van der Waals surface area contributed by atoms with Crippen LogP contribution in [0.15, 0.2) is 46.9 Å². The molecule has 0 aromatic carbocycles. The van der Waals surface area contributed by atoms with E-state index in [-0.39, 0.29) is 17.0 Å². The van der Waals surface area contributed by atoms with Crippen LogP contribution in [0.4, 0.5) is 0 Å². The molecular formula is C13H16N4O3S. The van der Waals surface area contributed by atoms with Crippen molar-refractivity contribution in [2.45, 2.75) is 36.2 Å². The van der Waals surface area contributed by atoms with Crippen LogP contribution in [-0.2, 0) is 10.0 Å². The molecule has 0 bridgehead atoms. The van der Waals surface area contributed by atoms with Crippen LogP contribution in [0.1, 0.15) is 25.3 Å². The van der Waals surface area contributed by atoms with Crippen molar-refractivity contribution in [3.8, 4) is 0 Å². The van der Waals surface area contributed by atoms with E-state index in [2.05, 4.69) is 14.7 Å². The van der Waals surface area contributed by atoms with E-state index in [1.807, 2.05) is 10.8 Å². The van der Waals surface area contributed by atoms with Crippen molar-refractivity contribution < 1.29 is 8.42 Å². The summed E-state index contributed by atoms with van der Waals surface area (Å²) in [5, 5.41) is 0. The van der Waals surface area contributed by atoms with Gasteiger partial charge in [0.05, 0.1) is 12.4 Å². The number of nitrogens with one attached hydrogen (secondary N) is 2. The molecule has 2 aromatic rings. The zero-order chi connectivity index (χ0) is 14.9. The van der Waals surface area contributed by atoms with Gasteiger partial charge in [0.2, 0.25) is 15.5 Å². The molecule has 21 heavy (non-hydrogen) atoms. The fourth-order valence-corrected chi connectivity index (χ4v) is 4.13. The van der Waals surface area contributed by atoms with Gasteiger partial charge in [0, 0.05) is 36.9 Å². The van der Waals surface area contributed by atoms with Crippen molar-refractivity contribution >= 4 is 10.0 Å². The zero-order valence-corrected chi connectivity index (χ0v) is 12.1. The van der Waals surface area contributed by atoms with Crippen molar-refractivity contribution in [3.63, 3.8) is 0 Å². The van der Waals surface area contributed by atoms with E-state index >= 15 is 0 Å². The molecule has 2 unspecified atom stereocenters. The first-order valence-corrected chi connectivity index (χ1v) is 8.23. The Bertz CT molecular complexity index is 767. The molecule has 0 radical (unpaired) electrons. The highest BCUT2D eigenvalue weighted by Crippen LogP contribution is 2.30. The number of aromatic nitrogens is 3. The Kier molecular flexibility index (Phi) is 3.64. The molecule has 3 rings (SSSR count). The van der Waals surface area contributed by atoms with E-state index in [0.717, 1.165) is 19.3 Å². The molecule has 1 aliphatic carbocycles. The summed E-state index contributed by atoms with van der Waals surface area (Å²) in [5.74, 6) is 0. The summed E-state index contributed by atoms with van der Waals surface area (Å²) in [6.45, 7) is 0. The topological polar surface area (TPSA) is 96.9 Å². The summed E-state index contributed by atoms with van der Waals surface area (Å²) < 4.78 is 29.3. The molecule has 0 amide bonds. The predicted octanol–water partition coefficient (Wildman–Crippen LogP) is 0.643. The van der Waals surface area contributed by atoms with Crippen LogP contribution >= 0.6 is 0 Å². The van der Waals surface area contributed by atoms with Gasteiger partial charge in [-0.2, -0.15) is 0 Å². The zero-order valence-electron chi connectivity index (χ0n) is 11.3. The number of aromatic amines is 1. The highest BCUT2D eigenvalue weighted by molar-refractivity contribution is 7.89. The Morgan fingerprint density at radius 1 is 1.38 bits per heavy atom. The van der Waals surface area contributed by atoms with Crippen LogP contribution in [0.2, 0.25) is 0 Å². The first-order valence-electron chi connectivity index (χ1n) is 6.75. The molecule has 0 spiro atoms. The highest BCUT2D eigenvalue weighted by atomic mass is 32.2. The first-order chi connectivity index (χ1) is 10.1. The van der Waals surface area contributed by atoms with Gasteiger partial charge in [-0.25, -0.2) is 18.1 Å². The molecule has 2 N–H and O–H groups in total. The second kappa shape index (κ2) is 5.45. The predicted molar refractivity (Wildman–Crippen MR) is 76.3 cm³/mol. The van der Waals surface area contributed by atoms with Crippen LogP contribution in [0, 0.1) is 0 Å². The second-order valence-electron chi connectivity index (χ2n) is 5.11. The Hall–Kier alpha value is -1.93. The average Bonchev–Trinajstić information content (AvgIpc) is 3.09. The van der Waals surface area contributed by atoms with Crippen LogP contribution < -0.4 is 10.2 Å². The van der Waals surface area contributed by atoms with Gasteiger partial charge >= 0.3 is 0 Å². The molecule has 8 heteroatoms. The van der Waals surface area contributed by atoms with E-state index in [9.17, 15) is 13.2 Å². The van der Waals surface area contributed by atoms with Gasteiger partial charge in [0.1, 0.15) is 4.90 Å². The summed E-state index contributed by atoms with van der Waals surface area (Å²) in [6, 6.07) is 1.00. The Morgan fingerprint density at radius 3 is 2.95 bits per heavy atom. The Labute approximate surface area is 122 Å². The molecule has 112 valence electrons. The lowest BCUT2D eigenvalue weighted by Gasteiger charge is -2.21. The summed E-state index contributed by atoms with van der Waals surface area (Å²) in [7, 11) is -3.83. The minimum Gasteiger partial charge on any atom is -0.366 e. The van der Waals surface area contributed by atoms with Gasteiger partial charge in [-0.05, 0) is 19.3 Å². The Morgan fingerprint density at radius 2 is 2.24 bits per heavy atom. The molecule has 1 aliphatic rings. The van der Waals surface area contributed by atoms with Gasteiger partial charge in [-0.1, -0.05) is 0 Å². The fourth-order valence-electron chi connectivity index (χ4n) is 2.77. The van der Waals surface area contributed by atoms with Gasteiger partial charge < -0.3 is 9.55 Å². The summed E-state index contributed by atoms with van der Waals surface area (Å²) >= 11 is 0. The number of pyridine rings is 1. The van der Waals surface area contributed by atoms with E-state index in [4.69, 9.17) is 0 Å². The van der Waals surface area contributed by atoms with Gasteiger partial charge in [-0.15, -0.1) is 0 Å². The van der Waals surface area contributed by atoms with Crippen molar-refractivity contribution in [1.29, 1.82) is 0 Å². The Balaban J connectivity index is 1.86. The normalized spacial score (nSPS) is 22.5. The summed E-state index contributed by atoms with van der Waals surface area (Å²) in [4.78, 5) is 18.1. The number of imidazole rings is 1. The van der Waals surface area contributed by atoms with Crippen molar-refractivity contribution in [2.75, 3.05) is 0 Å². The molecule has 0 saturated heterocycles. The minimum atomic E-state index is -3.83. The first kappa shape index (κ1) is 14.0. The van der Waals surface area contributed by atoms with E-state index in [1.165, 1.54) is 18.5 Å².